The molecule has 37 heavy (non-hydrogen) atoms. The molecule has 1 aliphatic heterocycles. The minimum Gasteiger partial charge on any atom is -0.484 e. The molecule has 1 unspecified atom stereocenters. The van der Waals surface area contributed by atoms with Gasteiger partial charge in [0.25, 0.3) is 0 Å². The third kappa shape index (κ3) is 2.53. The lowest BCUT2D eigenvalue weighted by Crippen LogP contribution is -2.12. The molecule has 9 rings (SSSR count). The predicted molar refractivity (Wildman–Crippen MR) is 155 cm³/mol. The van der Waals surface area contributed by atoms with Gasteiger partial charge >= 0.3 is 0 Å². The molecule has 0 amide bonds. The van der Waals surface area contributed by atoms with Crippen LogP contribution in [0.3, 0.4) is 0 Å². The molecular weight excluding hydrogens is 448 g/mol. The summed E-state index contributed by atoms with van der Waals surface area (Å²) in [6.45, 7) is 0. The smallest absolute Gasteiger partial charge is 0.136 e. The molecule has 0 spiro atoms. The van der Waals surface area contributed by atoms with Gasteiger partial charge in [0.05, 0.1) is 0 Å². The van der Waals surface area contributed by atoms with Crippen LogP contribution in [0.15, 0.2) is 121 Å². The fraction of sp³-hybridized carbons (Fsp3) is 0.0556. The monoisotopic (exact) mass is 470 g/mol. The molecule has 0 saturated carbocycles. The molecule has 0 bridgehead atoms. The second kappa shape index (κ2) is 6.99. The number of allylic oxidation sites excluding steroid dienone is 2. The lowest BCUT2D eigenvalue weighted by molar-refractivity contribution is 0.222. The normalized spacial score (nSPS) is 17.8. The van der Waals surface area contributed by atoms with Crippen LogP contribution < -0.4 is 0 Å². The number of hydrogen-bond acceptors (Lipinski definition) is 1. The molecule has 0 radical (unpaired) electrons. The van der Waals surface area contributed by atoms with Crippen molar-refractivity contribution < 1.29 is 4.74 Å². The zero-order chi connectivity index (χ0) is 24.1. The minimum atomic E-state index is 0.0996. The highest BCUT2D eigenvalue weighted by atomic mass is 16.5. The van der Waals surface area contributed by atoms with E-state index in [1.54, 1.807) is 0 Å². The second-order valence-electron chi connectivity index (χ2n) is 10.4. The van der Waals surface area contributed by atoms with Gasteiger partial charge in [0.2, 0.25) is 0 Å². The van der Waals surface area contributed by atoms with E-state index in [9.17, 15) is 0 Å². The number of benzene rings is 6. The highest BCUT2D eigenvalue weighted by molar-refractivity contribution is 6.25. The van der Waals surface area contributed by atoms with Crippen molar-refractivity contribution in [1.82, 2.24) is 0 Å². The van der Waals surface area contributed by atoms with Crippen molar-refractivity contribution in [3.8, 4) is 0 Å². The van der Waals surface area contributed by atoms with Crippen molar-refractivity contribution in [2.45, 2.75) is 12.5 Å². The summed E-state index contributed by atoms with van der Waals surface area (Å²) in [4.78, 5) is 0. The molecule has 0 fully saturated rings. The van der Waals surface area contributed by atoms with Gasteiger partial charge in [-0.05, 0) is 66.5 Å². The summed E-state index contributed by atoms with van der Waals surface area (Å²) in [7, 11) is 0. The Morgan fingerprint density at radius 2 is 1.24 bits per heavy atom. The summed E-state index contributed by atoms with van der Waals surface area (Å²) >= 11 is 0. The second-order valence-corrected chi connectivity index (χ2v) is 10.4. The largest absolute Gasteiger partial charge is 0.484 e. The molecular formula is C36H22O. The fourth-order valence-electron chi connectivity index (χ4n) is 6.86. The molecule has 0 N–H and O–H groups in total. The van der Waals surface area contributed by atoms with Gasteiger partial charge in [0.1, 0.15) is 11.9 Å². The van der Waals surface area contributed by atoms with Crippen LogP contribution in [0.1, 0.15) is 23.1 Å². The molecule has 0 aromatic heterocycles. The number of ether oxygens (including phenoxy) is 1. The third-order valence-electron chi connectivity index (χ3n) is 8.48. The van der Waals surface area contributed by atoms with Crippen LogP contribution in [0.4, 0.5) is 0 Å². The summed E-state index contributed by atoms with van der Waals surface area (Å²) < 4.78 is 6.59. The first-order chi connectivity index (χ1) is 18.3. The van der Waals surface area contributed by atoms with E-state index in [0.29, 0.717) is 0 Å². The van der Waals surface area contributed by atoms with E-state index in [0.717, 1.165) is 12.2 Å². The first kappa shape index (κ1) is 19.6. The van der Waals surface area contributed by atoms with Crippen molar-refractivity contribution in [1.29, 1.82) is 0 Å². The number of hydrogen-bond donors (Lipinski definition) is 0. The van der Waals surface area contributed by atoms with Gasteiger partial charge in [-0.1, -0.05) is 103 Å². The highest BCUT2D eigenvalue weighted by Gasteiger charge is 2.39. The van der Waals surface area contributed by atoms with E-state index in [1.807, 2.05) is 0 Å². The average molecular weight is 471 g/mol. The van der Waals surface area contributed by atoms with Gasteiger partial charge in [0, 0.05) is 28.5 Å². The third-order valence-corrected chi connectivity index (χ3v) is 8.48. The van der Waals surface area contributed by atoms with Gasteiger partial charge in [0.15, 0.2) is 0 Å². The van der Waals surface area contributed by atoms with Crippen LogP contribution in [0.25, 0.3) is 60.0 Å². The van der Waals surface area contributed by atoms with E-state index >= 15 is 0 Å². The maximum atomic E-state index is 6.59. The molecule has 3 aliphatic rings. The zero-order valence-corrected chi connectivity index (χ0v) is 20.2. The summed E-state index contributed by atoms with van der Waals surface area (Å²) in [5.41, 5.74) is 7.71. The van der Waals surface area contributed by atoms with Gasteiger partial charge in [-0.15, -0.1) is 0 Å². The van der Waals surface area contributed by atoms with Crippen molar-refractivity contribution in [3.63, 3.8) is 0 Å². The minimum absolute atomic E-state index is 0.0996. The van der Waals surface area contributed by atoms with E-state index in [2.05, 4.69) is 115 Å². The molecule has 1 atom stereocenters. The first-order valence-corrected chi connectivity index (χ1v) is 13.0. The lowest BCUT2D eigenvalue weighted by Gasteiger charge is -2.21. The molecule has 2 aliphatic carbocycles. The van der Waals surface area contributed by atoms with Gasteiger partial charge in [-0.3, -0.25) is 0 Å². The fourth-order valence-corrected chi connectivity index (χ4v) is 6.86. The van der Waals surface area contributed by atoms with Gasteiger partial charge in [-0.2, -0.15) is 0 Å². The quantitative estimate of drug-likeness (QED) is 0.218. The molecule has 6 aromatic rings. The Labute approximate surface area is 214 Å². The summed E-state index contributed by atoms with van der Waals surface area (Å²) in [6, 6.07) is 37.7. The van der Waals surface area contributed by atoms with E-state index in [4.69, 9.17) is 4.74 Å². The summed E-state index contributed by atoms with van der Waals surface area (Å²) in [5.74, 6) is 1.06. The van der Waals surface area contributed by atoms with E-state index in [-0.39, 0.29) is 6.10 Å². The molecule has 6 aromatic carbocycles. The van der Waals surface area contributed by atoms with Gasteiger partial charge < -0.3 is 4.74 Å². The average Bonchev–Trinajstić information content (AvgIpc) is 3.49. The Kier molecular flexibility index (Phi) is 3.69. The Morgan fingerprint density at radius 3 is 1.97 bits per heavy atom. The van der Waals surface area contributed by atoms with Crippen LogP contribution in [0.2, 0.25) is 0 Å². The molecule has 1 heterocycles. The SMILES string of the molecule is C1=C(c2ccc3c4ccccc4c4ccccc4c3c2)C=C2C3=C(OC2C1)c1cccc2cccc3c12. The van der Waals surface area contributed by atoms with Crippen LogP contribution in [0.5, 0.6) is 0 Å². The standard InChI is InChI=1S/C36H22O/c1-2-11-26-24(9-1)25-10-3-4-12-27(25)31-19-22(15-17-28(26)31)23-16-18-33-32(20-23)35-29-13-5-7-21-8-6-14-30(34(21)29)36(35)37-33/h1-17,19-20,33H,18H2. The predicted octanol–water partition coefficient (Wildman–Crippen LogP) is 9.29. The highest BCUT2D eigenvalue weighted by Crippen LogP contribution is 2.53. The van der Waals surface area contributed by atoms with Crippen molar-refractivity contribution in [3.05, 3.63) is 138 Å². The lowest BCUT2D eigenvalue weighted by atomic mass is 9.86. The molecule has 172 valence electrons. The number of fused-ring (bicyclic) bond motifs is 10. The molecule has 0 saturated heterocycles. The zero-order valence-electron chi connectivity index (χ0n) is 20.2. The van der Waals surface area contributed by atoms with Crippen LogP contribution in [0, 0.1) is 0 Å². The Bertz CT molecular complexity index is 2050. The van der Waals surface area contributed by atoms with Crippen LogP contribution >= 0.6 is 0 Å². The topological polar surface area (TPSA) is 9.23 Å². The molecule has 1 nitrogen and oxygen atoms in total. The summed E-state index contributed by atoms with van der Waals surface area (Å²) in [6.07, 6.45) is 5.73. The van der Waals surface area contributed by atoms with Crippen molar-refractivity contribution >= 4 is 60.0 Å². The van der Waals surface area contributed by atoms with Crippen LogP contribution in [-0.2, 0) is 4.74 Å². The maximum Gasteiger partial charge on any atom is 0.136 e. The van der Waals surface area contributed by atoms with E-state index in [1.165, 1.54) is 76.5 Å². The Balaban J connectivity index is 1.24. The number of rotatable bonds is 1. The van der Waals surface area contributed by atoms with Crippen LogP contribution in [-0.4, -0.2) is 6.10 Å². The van der Waals surface area contributed by atoms with Crippen molar-refractivity contribution in [2.75, 3.05) is 0 Å². The maximum absolute atomic E-state index is 6.59. The van der Waals surface area contributed by atoms with Gasteiger partial charge in [-0.25, -0.2) is 0 Å². The molecule has 1 heteroatoms. The summed E-state index contributed by atoms with van der Waals surface area (Å²) in [5, 5.41) is 10.5. The van der Waals surface area contributed by atoms with Crippen molar-refractivity contribution in [2.24, 2.45) is 0 Å². The Hall–Kier alpha value is -4.62. The van der Waals surface area contributed by atoms with E-state index < -0.39 is 0 Å². The Morgan fingerprint density at radius 1 is 0.595 bits per heavy atom. The first-order valence-electron chi connectivity index (χ1n) is 13.0.